The molecule has 3 nitrogen and oxygen atoms in total. The Kier molecular flexibility index (Phi) is 5.74. The molecular weight excluding hydrogens is 354 g/mol. The van der Waals surface area contributed by atoms with Crippen molar-refractivity contribution in [3.63, 3.8) is 0 Å². The molecule has 0 saturated heterocycles. The third-order valence-electron chi connectivity index (χ3n) is 3.49. The molecule has 3 rings (SSSR count). The standard InChI is InChI=1S/C20H16ClNO2S/c1-14-6-4-7-15(12-14)13-25-19-16(8-5-11-22-19)20(23)24-18-10-3-2-9-17(18)21/h2-12H,13H2,1H3. The van der Waals surface area contributed by atoms with Crippen LogP contribution in [0.1, 0.15) is 21.5 Å². The zero-order chi connectivity index (χ0) is 17.6. The Balaban J connectivity index is 1.76. The number of carbonyl (C=O) groups excluding carboxylic acids is 1. The fourth-order valence-electron chi connectivity index (χ4n) is 2.30. The van der Waals surface area contributed by atoms with Crippen LogP contribution in [0.2, 0.25) is 5.02 Å². The Bertz CT molecular complexity index is 898. The fraction of sp³-hybridized carbons (Fsp3) is 0.100. The number of hydrogen-bond donors (Lipinski definition) is 0. The number of rotatable bonds is 5. The van der Waals surface area contributed by atoms with Gasteiger partial charge in [0.15, 0.2) is 0 Å². The average Bonchev–Trinajstić information content (AvgIpc) is 2.62. The maximum absolute atomic E-state index is 12.5. The molecule has 0 N–H and O–H groups in total. The van der Waals surface area contributed by atoms with Crippen LogP contribution in [0.5, 0.6) is 5.75 Å². The summed E-state index contributed by atoms with van der Waals surface area (Å²) in [6, 6.07) is 18.6. The Morgan fingerprint density at radius 2 is 1.96 bits per heavy atom. The van der Waals surface area contributed by atoms with E-state index in [9.17, 15) is 4.79 Å². The van der Waals surface area contributed by atoms with E-state index in [0.29, 0.717) is 21.4 Å². The third-order valence-corrected chi connectivity index (χ3v) is 4.88. The molecule has 0 bridgehead atoms. The molecule has 126 valence electrons. The van der Waals surface area contributed by atoms with Gasteiger partial charge in [-0.2, -0.15) is 0 Å². The number of benzene rings is 2. The van der Waals surface area contributed by atoms with Gasteiger partial charge in [-0.15, -0.1) is 11.8 Å². The first kappa shape index (κ1) is 17.5. The number of halogens is 1. The molecule has 3 aromatic rings. The van der Waals surface area contributed by atoms with Crippen molar-refractivity contribution in [3.05, 3.63) is 88.6 Å². The van der Waals surface area contributed by atoms with Crippen molar-refractivity contribution < 1.29 is 9.53 Å². The summed E-state index contributed by atoms with van der Waals surface area (Å²) in [7, 11) is 0. The number of thioether (sulfide) groups is 1. The molecule has 0 fully saturated rings. The van der Waals surface area contributed by atoms with Gasteiger partial charge in [-0.25, -0.2) is 9.78 Å². The van der Waals surface area contributed by atoms with Crippen LogP contribution in [0, 0.1) is 6.92 Å². The monoisotopic (exact) mass is 369 g/mol. The van der Waals surface area contributed by atoms with E-state index in [4.69, 9.17) is 16.3 Å². The summed E-state index contributed by atoms with van der Waals surface area (Å²) < 4.78 is 5.42. The van der Waals surface area contributed by atoms with E-state index < -0.39 is 5.97 Å². The highest BCUT2D eigenvalue weighted by Crippen LogP contribution is 2.28. The highest BCUT2D eigenvalue weighted by atomic mass is 35.5. The van der Waals surface area contributed by atoms with E-state index in [2.05, 4.69) is 30.1 Å². The van der Waals surface area contributed by atoms with Crippen molar-refractivity contribution in [1.29, 1.82) is 0 Å². The molecule has 0 saturated carbocycles. The lowest BCUT2D eigenvalue weighted by Crippen LogP contribution is -2.10. The summed E-state index contributed by atoms with van der Waals surface area (Å²) in [6.45, 7) is 2.06. The molecule has 0 aliphatic carbocycles. The van der Waals surface area contributed by atoms with Gasteiger partial charge in [0.25, 0.3) is 0 Å². The largest absolute Gasteiger partial charge is 0.421 e. The maximum atomic E-state index is 12.5. The fourth-order valence-corrected chi connectivity index (χ4v) is 3.40. The zero-order valence-corrected chi connectivity index (χ0v) is 15.2. The normalized spacial score (nSPS) is 10.5. The molecule has 2 aromatic carbocycles. The van der Waals surface area contributed by atoms with Crippen LogP contribution in [0.4, 0.5) is 0 Å². The molecule has 0 amide bonds. The first-order valence-electron chi connectivity index (χ1n) is 7.73. The first-order chi connectivity index (χ1) is 12.1. The van der Waals surface area contributed by atoms with Gasteiger partial charge in [-0.05, 0) is 36.8 Å². The maximum Gasteiger partial charge on any atom is 0.346 e. The predicted octanol–water partition coefficient (Wildman–Crippen LogP) is 5.55. The number of nitrogens with zero attached hydrogens (tertiary/aromatic N) is 1. The number of hydrogen-bond acceptors (Lipinski definition) is 4. The summed E-state index contributed by atoms with van der Waals surface area (Å²) in [5.41, 5.74) is 2.82. The van der Waals surface area contributed by atoms with E-state index >= 15 is 0 Å². The van der Waals surface area contributed by atoms with Gasteiger partial charge < -0.3 is 4.74 Å². The molecule has 1 heterocycles. The Hall–Kier alpha value is -2.30. The van der Waals surface area contributed by atoms with Crippen molar-refractivity contribution >= 4 is 29.3 Å². The topological polar surface area (TPSA) is 39.2 Å². The van der Waals surface area contributed by atoms with Gasteiger partial charge in [0.05, 0.1) is 10.6 Å². The summed E-state index contributed by atoms with van der Waals surface area (Å²) >= 11 is 7.56. The number of para-hydroxylation sites is 1. The van der Waals surface area contributed by atoms with Gasteiger partial charge in [0, 0.05) is 11.9 Å². The SMILES string of the molecule is Cc1cccc(CSc2ncccc2C(=O)Oc2ccccc2Cl)c1. The molecule has 5 heteroatoms. The number of esters is 1. The van der Waals surface area contributed by atoms with Crippen LogP contribution in [0.15, 0.2) is 71.9 Å². The number of pyridine rings is 1. The Labute approximate surface area is 156 Å². The minimum Gasteiger partial charge on any atom is -0.421 e. The van der Waals surface area contributed by atoms with Gasteiger partial charge >= 0.3 is 5.97 Å². The van der Waals surface area contributed by atoms with Crippen LogP contribution < -0.4 is 4.74 Å². The van der Waals surface area contributed by atoms with Gasteiger partial charge in [-0.1, -0.05) is 53.6 Å². The summed E-state index contributed by atoms with van der Waals surface area (Å²) in [6.07, 6.45) is 1.67. The number of aromatic nitrogens is 1. The second-order valence-corrected chi connectivity index (χ2v) is 6.83. The minimum atomic E-state index is -0.465. The van der Waals surface area contributed by atoms with E-state index in [1.54, 1.807) is 42.6 Å². The minimum absolute atomic E-state index is 0.340. The summed E-state index contributed by atoms with van der Waals surface area (Å²) in [5.74, 6) is 0.603. The lowest BCUT2D eigenvalue weighted by molar-refractivity contribution is 0.0730. The van der Waals surface area contributed by atoms with Gasteiger partial charge in [-0.3, -0.25) is 0 Å². The number of ether oxygens (including phenoxy) is 1. The van der Waals surface area contributed by atoms with Gasteiger partial charge in [0.1, 0.15) is 10.8 Å². The lowest BCUT2D eigenvalue weighted by atomic mass is 10.2. The van der Waals surface area contributed by atoms with Crippen LogP contribution in [0.3, 0.4) is 0 Å². The Morgan fingerprint density at radius 3 is 2.76 bits per heavy atom. The molecular formula is C20H16ClNO2S. The van der Waals surface area contributed by atoms with E-state index in [-0.39, 0.29) is 0 Å². The molecule has 0 spiro atoms. The lowest BCUT2D eigenvalue weighted by Gasteiger charge is -2.09. The van der Waals surface area contributed by atoms with Crippen molar-refractivity contribution in [2.24, 2.45) is 0 Å². The van der Waals surface area contributed by atoms with Crippen LogP contribution in [0.25, 0.3) is 0 Å². The molecule has 0 radical (unpaired) electrons. The Morgan fingerprint density at radius 1 is 1.12 bits per heavy atom. The second kappa shape index (κ2) is 8.19. The van der Waals surface area contributed by atoms with Crippen molar-refractivity contribution in [2.75, 3.05) is 0 Å². The van der Waals surface area contributed by atoms with E-state index in [1.165, 1.54) is 22.9 Å². The van der Waals surface area contributed by atoms with Crippen LogP contribution in [-0.2, 0) is 5.75 Å². The van der Waals surface area contributed by atoms with Crippen LogP contribution >= 0.6 is 23.4 Å². The molecule has 0 atom stereocenters. The molecule has 1 aromatic heterocycles. The quantitative estimate of drug-likeness (QED) is 0.335. The highest BCUT2D eigenvalue weighted by molar-refractivity contribution is 7.98. The third kappa shape index (κ3) is 4.62. The molecule has 0 aliphatic heterocycles. The van der Waals surface area contributed by atoms with Crippen molar-refractivity contribution in [1.82, 2.24) is 4.98 Å². The van der Waals surface area contributed by atoms with Crippen LogP contribution in [-0.4, -0.2) is 11.0 Å². The summed E-state index contributed by atoms with van der Waals surface area (Å²) in [4.78, 5) is 16.8. The average molecular weight is 370 g/mol. The smallest absolute Gasteiger partial charge is 0.346 e. The number of carbonyl (C=O) groups is 1. The van der Waals surface area contributed by atoms with Crippen molar-refractivity contribution in [3.8, 4) is 5.75 Å². The van der Waals surface area contributed by atoms with E-state index in [0.717, 1.165) is 5.75 Å². The highest BCUT2D eigenvalue weighted by Gasteiger charge is 2.16. The zero-order valence-electron chi connectivity index (χ0n) is 13.6. The summed E-state index contributed by atoms with van der Waals surface area (Å²) in [5, 5.41) is 1.04. The van der Waals surface area contributed by atoms with E-state index in [1.807, 2.05) is 6.07 Å². The molecule has 0 unspecified atom stereocenters. The molecule has 0 aliphatic rings. The van der Waals surface area contributed by atoms with Gasteiger partial charge in [0.2, 0.25) is 0 Å². The second-order valence-electron chi connectivity index (χ2n) is 5.45. The number of aryl methyl sites for hydroxylation is 1. The first-order valence-corrected chi connectivity index (χ1v) is 9.10. The van der Waals surface area contributed by atoms with Crippen molar-refractivity contribution in [2.45, 2.75) is 17.7 Å². The predicted molar refractivity (Wildman–Crippen MR) is 101 cm³/mol. The molecule has 25 heavy (non-hydrogen) atoms.